The molecule has 0 aliphatic heterocycles. The van der Waals surface area contributed by atoms with Crippen molar-refractivity contribution in [2.24, 2.45) is 0 Å². The van der Waals surface area contributed by atoms with Gasteiger partial charge in [0.25, 0.3) is 10.1 Å². The lowest BCUT2D eigenvalue weighted by molar-refractivity contribution is -0.142. The van der Waals surface area contributed by atoms with Gasteiger partial charge in [0.15, 0.2) is 0 Å². The lowest BCUT2D eigenvalue weighted by atomic mass is 10.2. The number of carbonyl (C=O) groups excluding carboxylic acids is 2. The maximum atomic E-state index is 11.5. The first-order chi connectivity index (χ1) is 9.81. The van der Waals surface area contributed by atoms with Crippen LogP contribution in [0.4, 0.5) is 4.79 Å². The first kappa shape index (κ1) is 16.9. The van der Waals surface area contributed by atoms with Crippen LogP contribution in [-0.2, 0) is 31.0 Å². The minimum atomic E-state index is -4.46. The Balaban J connectivity index is 2.58. The van der Waals surface area contributed by atoms with E-state index in [2.05, 4.69) is 4.74 Å². The van der Waals surface area contributed by atoms with Gasteiger partial charge in [-0.2, -0.15) is 8.42 Å². The minimum Gasteiger partial charge on any atom is -0.467 e. The molecule has 0 aromatic heterocycles. The highest BCUT2D eigenvalue weighted by atomic mass is 32.2. The Labute approximate surface area is 121 Å². The van der Waals surface area contributed by atoms with Crippen molar-refractivity contribution in [1.29, 1.82) is 0 Å². The van der Waals surface area contributed by atoms with Gasteiger partial charge in [0, 0.05) is 0 Å². The largest absolute Gasteiger partial charge is 0.467 e. The van der Waals surface area contributed by atoms with E-state index in [1.807, 2.05) is 5.32 Å². The van der Waals surface area contributed by atoms with E-state index in [9.17, 15) is 18.0 Å². The molecule has 1 aromatic rings. The molecule has 0 radical (unpaired) electrons. The summed E-state index contributed by atoms with van der Waals surface area (Å²) >= 11 is 0. The zero-order valence-electron chi connectivity index (χ0n) is 11.2. The van der Waals surface area contributed by atoms with Crippen LogP contribution >= 0.6 is 0 Å². The van der Waals surface area contributed by atoms with Gasteiger partial charge >= 0.3 is 12.1 Å². The molecule has 0 heterocycles. The molecule has 0 fully saturated rings. The lowest BCUT2D eigenvalue weighted by Gasteiger charge is -2.15. The van der Waals surface area contributed by atoms with Crippen molar-refractivity contribution < 1.29 is 32.0 Å². The first-order valence-corrected chi connectivity index (χ1v) is 7.43. The van der Waals surface area contributed by atoms with Crippen LogP contribution in [0.3, 0.4) is 0 Å². The van der Waals surface area contributed by atoms with E-state index < -0.39 is 34.0 Å². The van der Waals surface area contributed by atoms with Gasteiger partial charge in [0.05, 0.1) is 7.11 Å². The summed E-state index contributed by atoms with van der Waals surface area (Å²) in [5.41, 5.74) is 0.719. The monoisotopic (exact) mass is 317 g/mol. The first-order valence-electron chi connectivity index (χ1n) is 5.82. The predicted molar refractivity (Wildman–Crippen MR) is 72.0 cm³/mol. The molecular weight excluding hydrogens is 302 g/mol. The molecule has 1 amide bonds. The van der Waals surface area contributed by atoms with E-state index in [4.69, 9.17) is 9.29 Å². The molecule has 2 N–H and O–H groups in total. The Morgan fingerprint density at radius 1 is 1.29 bits per heavy atom. The average molecular weight is 317 g/mol. The Morgan fingerprint density at radius 2 is 1.90 bits per heavy atom. The number of rotatable bonds is 6. The second-order valence-corrected chi connectivity index (χ2v) is 5.53. The van der Waals surface area contributed by atoms with Crippen molar-refractivity contribution in [2.45, 2.75) is 12.6 Å². The second-order valence-electron chi connectivity index (χ2n) is 4.03. The third-order valence-corrected chi connectivity index (χ3v) is 3.12. The molecule has 0 spiro atoms. The summed E-state index contributed by atoms with van der Waals surface area (Å²) in [4.78, 5) is 22.8. The standard InChI is InChI=1S/C12H15NO7S/c1-19-11(14)10(8-21(16,17)18)13-12(15)20-7-9-5-3-2-4-6-9/h2-6,10H,7-8H2,1H3,(H,13,15)(H,16,17,18)/t10-/m0/s1. The molecule has 0 bridgehead atoms. The lowest BCUT2D eigenvalue weighted by Crippen LogP contribution is -2.46. The minimum absolute atomic E-state index is 0.0492. The highest BCUT2D eigenvalue weighted by Gasteiger charge is 2.27. The van der Waals surface area contributed by atoms with Crippen LogP contribution in [0.5, 0.6) is 0 Å². The van der Waals surface area contributed by atoms with Crippen molar-refractivity contribution in [3.8, 4) is 0 Å². The molecule has 0 saturated heterocycles. The summed E-state index contributed by atoms with van der Waals surface area (Å²) in [7, 11) is -3.44. The second kappa shape index (κ2) is 7.60. The van der Waals surface area contributed by atoms with Gasteiger partial charge in [-0.1, -0.05) is 30.3 Å². The van der Waals surface area contributed by atoms with E-state index in [1.165, 1.54) is 0 Å². The van der Waals surface area contributed by atoms with E-state index in [1.54, 1.807) is 30.3 Å². The number of ether oxygens (including phenoxy) is 2. The number of esters is 1. The zero-order valence-corrected chi connectivity index (χ0v) is 12.0. The molecule has 8 nitrogen and oxygen atoms in total. The van der Waals surface area contributed by atoms with E-state index in [0.717, 1.165) is 12.7 Å². The fourth-order valence-corrected chi connectivity index (χ4v) is 2.07. The summed E-state index contributed by atoms with van der Waals surface area (Å²) in [5, 5.41) is 2.02. The Morgan fingerprint density at radius 3 is 2.43 bits per heavy atom. The van der Waals surface area contributed by atoms with Crippen LogP contribution in [0, 0.1) is 0 Å². The number of hydrogen-bond donors (Lipinski definition) is 2. The smallest absolute Gasteiger partial charge is 0.408 e. The molecule has 9 heteroatoms. The molecule has 21 heavy (non-hydrogen) atoms. The van der Waals surface area contributed by atoms with Crippen molar-refractivity contribution >= 4 is 22.2 Å². The predicted octanol–water partition coefficient (Wildman–Crippen LogP) is 0.342. The number of methoxy groups -OCH3 is 1. The molecule has 1 rings (SSSR count). The Kier molecular flexibility index (Phi) is 6.12. The van der Waals surface area contributed by atoms with Crippen LogP contribution in [0.25, 0.3) is 0 Å². The van der Waals surface area contributed by atoms with Gasteiger partial charge in [-0.3, -0.25) is 4.55 Å². The van der Waals surface area contributed by atoms with E-state index >= 15 is 0 Å². The number of hydrogen-bond acceptors (Lipinski definition) is 6. The van der Waals surface area contributed by atoms with Crippen LogP contribution in [-0.4, -0.2) is 43.9 Å². The fourth-order valence-electron chi connectivity index (χ4n) is 1.43. The highest BCUT2D eigenvalue weighted by Crippen LogP contribution is 2.01. The SMILES string of the molecule is COC(=O)[C@H](CS(=O)(=O)O)NC(=O)OCc1ccccc1. The average Bonchev–Trinajstić information content (AvgIpc) is 2.43. The maximum absolute atomic E-state index is 11.5. The fraction of sp³-hybridized carbons (Fsp3) is 0.333. The van der Waals surface area contributed by atoms with Crippen LogP contribution in [0.15, 0.2) is 30.3 Å². The van der Waals surface area contributed by atoms with E-state index in [-0.39, 0.29) is 6.61 Å². The highest BCUT2D eigenvalue weighted by molar-refractivity contribution is 7.85. The normalized spacial score (nSPS) is 12.3. The molecule has 0 aliphatic rings. The van der Waals surface area contributed by atoms with Gasteiger partial charge < -0.3 is 14.8 Å². The number of carbonyl (C=O) groups is 2. The topological polar surface area (TPSA) is 119 Å². The quantitative estimate of drug-likeness (QED) is 0.573. The number of amides is 1. The van der Waals surface area contributed by atoms with Crippen molar-refractivity contribution in [3.63, 3.8) is 0 Å². The van der Waals surface area contributed by atoms with Gasteiger partial charge in [0.1, 0.15) is 18.4 Å². The molecular formula is C12H15NO7S. The summed E-state index contributed by atoms with van der Waals surface area (Å²) in [6.45, 7) is -0.0492. The molecule has 1 aromatic carbocycles. The molecule has 0 unspecified atom stereocenters. The molecule has 0 saturated carbocycles. The van der Waals surface area contributed by atoms with Crippen LogP contribution in [0.2, 0.25) is 0 Å². The Hall–Kier alpha value is -2.13. The number of benzene rings is 1. The van der Waals surface area contributed by atoms with Crippen LogP contribution < -0.4 is 5.32 Å². The molecule has 116 valence electrons. The summed E-state index contributed by atoms with van der Waals surface area (Å²) in [6, 6.07) is 7.21. The van der Waals surface area contributed by atoms with Crippen molar-refractivity contribution in [2.75, 3.05) is 12.9 Å². The summed E-state index contributed by atoms with van der Waals surface area (Å²) in [5.74, 6) is -2.01. The van der Waals surface area contributed by atoms with Crippen molar-refractivity contribution in [3.05, 3.63) is 35.9 Å². The van der Waals surface area contributed by atoms with Gasteiger partial charge in [-0.05, 0) is 5.56 Å². The van der Waals surface area contributed by atoms with Crippen LogP contribution in [0.1, 0.15) is 5.56 Å². The van der Waals surface area contributed by atoms with Gasteiger partial charge in [-0.25, -0.2) is 9.59 Å². The maximum Gasteiger partial charge on any atom is 0.408 e. The molecule has 1 atom stereocenters. The summed E-state index contributed by atoms with van der Waals surface area (Å²) < 4.78 is 39.5. The van der Waals surface area contributed by atoms with Crippen molar-refractivity contribution in [1.82, 2.24) is 5.32 Å². The zero-order chi connectivity index (χ0) is 15.9. The third kappa shape index (κ3) is 6.72. The van der Waals surface area contributed by atoms with Gasteiger partial charge in [0.2, 0.25) is 0 Å². The molecule has 0 aliphatic carbocycles. The van der Waals surface area contributed by atoms with Gasteiger partial charge in [-0.15, -0.1) is 0 Å². The summed E-state index contributed by atoms with van der Waals surface area (Å²) in [6.07, 6.45) is -1.00. The van der Waals surface area contributed by atoms with E-state index in [0.29, 0.717) is 0 Å². The third-order valence-electron chi connectivity index (χ3n) is 2.37. The number of nitrogens with one attached hydrogen (secondary N) is 1. The Bertz CT molecular complexity index is 585. The number of alkyl carbamates (subject to hydrolysis) is 1.